The highest BCUT2D eigenvalue weighted by Gasteiger charge is 2.35. The Balaban J connectivity index is 1.28. The number of aromatic amines is 1. The van der Waals surface area contributed by atoms with Gasteiger partial charge in [0, 0.05) is 23.2 Å². The van der Waals surface area contributed by atoms with Crippen LogP contribution in [0.1, 0.15) is 47.1 Å². The normalized spacial score (nSPS) is 17.4. The van der Waals surface area contributed by atoms with Crippen LogP contribution < -0.4 is 10.1 Å². The van der Waals surface area contributed by atoms with Gasteiger partial charge in [0.25, 0.3) is 0 Å². The summed E-state index contributed by atoms with van der Waals surface area (Å²) in [7, 11) is 0. The van der Waals surface area contributed by atoms with Gasteiger partial charge in [0.1, 0.15) is 23.0 Å². The number of aromatic nitrogens is 4. The molecule has 3 aromatic rings. The van der Waals surface area contributed by atoms with Crippen molar-refractivity contribution in [2.45, 2.75) is 37.5 Å². The Kier molecular flexibility index (Phi) is 6.26. The second-order valence-corrected chi connectivity index (χ2v) is 8.48. The zero-order chi connectivity index (χ0) is 26.2. The molecule has 37 heavy (non-hydrogen) atoms. The molecule has 2 N–H and O–H groups in total. The van der Waals surface area contributed by atoms with E-state index in [-0.39, 0.29) is 23.3 Å². The highest BCUT2D eigenvalue weighted by molar-refractivity contribution is 5.62. The van der Waals surface area contributed by atoms with Gasteiger partial charge in [-0.1, -0.05) is 24.3 Å². The summed E-state index contributed by atoms with van der Waals surface area (Å²) in [5, 5.41) is 10.8. The van der Waals surface area contributed by atoms with Crippen LogP contribution in [0.3, 0.4) is 0 Å². The highest BCUT2D eigenvalue weighted by atomic mass is 19.4. The van der Waals surface area contributed by atoms with E-state index in [9.17, 15) is 26.3 Å². The molecule has 0 saturated carbocycles. The number of alkyl halides is 6. The second kappa shape index (κ2) is 9.41. The van der Waals surface area contributed by atoms with Crippen molar-refractivity contribution in [3.05, 3.63) is 88.7 Å². The molecule has 5 rings (SSSR count). The lowest BCUT2D eigenvalue weighted by molar-refractivity contribution is -0.141. The molecule has 0 amide bonds. The summed E-state index contributed by atoms with van der Waals surface area (Å²) in [4.78, 5) is 6.71. The molecule has 0 fully saturated rings. The number of hydrogen-bond donors (Lipinski definition) is 2. The van der Waals surface area contributed by atoms with Crippen LogP contribution >= 0.6 is 0 Å². The third kappa shape index (κ3) is 5.52. The third-order valence-electron chi connectivity index (χ3n) is 5.82. The molecule has 0 aliphatic heterocycles. The Labute approximate surface area is 206 Å². The van der Waals surface area contributed by atoms with Gasteiger partial charge in [0.2, 0.25) is 5.95 Å². The molecule has 1 atom stereocenters. The minimum absolute atomic E-state index is 0.0786. The van der Waals surface area contributed by atoms with Crippen molar-refractivity contribution < 1.29 is 31.1 Å². The Morgan fingerprint density at radius 3 is 2.57 bits per heavy atom. The van der Waals surface area contributed by atoms with Gasteiger partial charge in [-0.2, -0.15) is 26.3 Å². The highest BCUT2D eigenvalue weighted by Crippen LogP contribution is 2.37. The fraction of sp³-hybridized carbons (Fsp3) is 0.240. The first kappa shape index (κ1) is 24.6. The summed E-state index contributed by atoms with van der Waals surface area (Å²) in [6.45, 7) is 0. The number of rotatable bonds is 5. The largest absolute Gasteiger partial charge is 0.457 e. The molecule has 0 radical (unpaired) electrons. The van der Waals surface area contributed by atoms with Gasteiger partial charge in [-0.05, 0) is 49.6 Å². The molecule has 0 bridgehead atoms. The van der Waals surface area contributed by atoms with Gasteiger partial charge < -0.3 is 15.0 Å². The Morgan fingerprint density at radius 2 is 1.84 bits per heavy atom. The average molecular weight is 519 g/mol. The van der Waals surface area contributed by atoms with Gasteiger partial charge >= 0.3 is 12.4 Å². The second-order valence-electron chi connectivity index (χ2n) is 8.48. The minimum atomic E-state index is -4.59. The van der Waals surface area contributed by atoms with Gasteiger partial charge in [-0.15, -0.1) is 10.2 Å². The number of fused-ring (bicyclic) bond motifs is 1. The minimum Gasteiger partial charge on any atom is -0.457 e. The van der Waals surface area contributed by atoms with E-state index in [0.29, 0.717) is 42.1 Å². The predicted octanol–water partition coefficient (Wildman–Crippen LogP) is 6.95. The number of anilines is 2. The molecule has 192 valence electrons. The topological polar surface area (TPSA) is 75.7 Å². The smallest absolute Gasteiger partial charge is 0.433 e. The van der Waals surface area contributed by atoms with Crippen molar-refractivity contribution >= 4 is 17.7 Å². The number of benzene rings is 1. The SMILES string of the molecule is FC(F)(F)c1cccc(Nc2nnc(C3C=CC(Oc4cc(C(F)(F)F)nc5c4C=CCC5)=CC3)[nH]2)c1. The van der Waals surface area contributed by atoms with Crippen LogP contribution in [0.2, 0.25) is 0 Å². The first-order valence-electron chi connectivity index (χ1n) is 11.3. The number of aryl methyl sites for hydroxylation is 1. The number of H-pyrrole nitrogens is 1. The molecular formula is C25H19F6N5O. The molecule has 1 aromatic carbocycles. The summed E-state index contributed by atoms with van der Waals surface area (Å²) in [5.41, 5.74) is -0.736. The Morgan fingerprint density at radius 1 is 1.00 bits per heavy atom. The molecule has 2 heterocycles. The maximum absolute atomic E-state index is 13.3. The van der Waals surface area contributed by atoms with Crippen molar-refractivity contribution in [3.63, 3.8) is 0 Å². The number of allylic oxidation sites excluding steroid dienone is 4. The van der Waals surface area contributed by atoms with Crippen LogP contribution in [0, 0.1) is 0 Å². The van der Waals surface area contributed by atoms with Crippen LogP contribution in [0.4, 0.5) is 38.0 Å². The molecule has 0 saturated heterocycles. The molecule has 6 nitrogen and oxygen atoms in total. The first-order chi connectivity index (χ1) is 17.6. The molecule has 0 spiro atoms. The third-order valence-corrected chi connectivity index (χ3v) is 5.82. The Bertz CT molecular complexity index is 1400. The predicted molar refractivity (Wildman–Crippen MR) is 123 cm³/mol. The van der Waals surface area contributed by atoms with E-state index < -0.39 is 23.6 Å². The summed E-state index contributed by atoms with van der Waals surface area (Å²) in [6.07, 6.45) is 1.04. The fourth-order valence-corrected chi connectivity index (χ4v) is 4.02. The maximum atomic E-state index is 13.3. The van der Waals surface area contributed by atoms with Crippen LogP contribution in [0.15, 0.2) is 60.4 Å². The molecule has 2 aromatic heterocycles. The van der Waals surface area contributed by atoms with Crippen molar-refractivity contribution in [3.8, 4) is 5.75 Å². The zero-order valence-electron chi connectivity index (χ0n) is 19.0. The first-order valence-corrected chi connectivity index (χ1v) is 11.3. The van der Waals surface area contributed by atoms with Crippen LogP contribution in [0.25, 0.3) is 6.08 Å². The van der Waals surface area contributed by atoms with E-state index in [0.717, 1.165) is 18.2 Å². The van der Waals surface area contributed by atoms with E-state index in [1.165, 1.54) is 12.1 Å². The van der Waals surface area contributed by atoms with Crippen molar-refractivity contribution in [1.29, 1.82) is 0 Å². The summed E-state index contributed by atoms with van der Waals surface area (Å²) < 4.78 is 84.6. The monoisotopic (exact) mass is 519 g/mol. The van der Waals surface area contributed by atoms with E-state index in [1.807, 2.05) is 6.08 Å². The van der Waals surface area contributed by atoms with Crippen molar-refractivity contribution in [2.75, 3.05) is 5.32 Å². The van der Waals surface area contributed by atoms with Crippen LogP contribution in [-0.4, -0.2) is 20.2 Å². The number of ether oxygens (including phenoxy) is 1. The number of pyridine rings is 1. The number of nitrogens with one attached hydrogen (secondary N) is 2. The fourth-order valence-electron chi connectivity index (χ4n) is 4.02. The molecule has 2 aliphatic rings. The number of hydrogen-bond acceptors (Lipinski definition) is 5. The Hall–Kier alpha value is -4.09. The summed E-state index contributed by atoms with van der Waals surface area (Å²) in [6, 6.07) is 5.59. The lowest BCUT2D eigenvalue weighted by atomic mass is 9.99. The zero-order valence-corrected chi connectivity index (χ0v) is 19.0. The van der Waals surface area contributed by atoms with E-state index in [1.54, 1.807) is 24.3 Å². The summed E-state index contributed by atoms with van der Waals surface area (Å²) >= 11 is 0. The van der Waals surface area contributed by atoms with Crippen molar-refractivity contribution in [1.82, 2.24) is 20.2 Å². The van der Waals surface area contributed by atoms with Gasteiger partial charge in [0.15, 0.2) is 0 Å². The molecular weight excluding hydrogens is 500 g/mol. The lowest BCUT2D eigenvalue weighted by Crippen LogP contribution is -2.13. The summed E-state index contributed by atoms with van der Waals surface area (Å²) in [5.74, 6) is 0.843. The van der Waals surface area contributed by atoms with Gasteiger partial charge in [-0.3, -0.25) is 0 Å². The van der Waals surface area contributed by atoms with Crippen LogP contribution in [-0.2, 0) is 18.8 Å². The molecule has 12 heteroatoms. The van der Waals surface area contributed by atoms with E-state index in [2.05, 4.69) is 25.5 Å². The maximum Gasteiger partial charge on any atom is 0.433 e. The molecule has 1 unspecified atom stereocenters. The van der Waals surface area contributed by atoms with Gasteiger partial charge in [-0.25, -0.2) is 4.98 Å². The van der Waals surface area contributed by atoms with Gasteiger partial charge in [0.05, 0.1) is 11.3 Å². The standard InChI is InChI=1S/C25H19F6N5O/c26-24(27,28)15-4-3-5-16(12-15)32-23-34-22(35-36-23)14-8-10-17(11-9-14)37-20-13-21(25(29,30)31)33-19-7-2-1-6-18(19)20/h1,3-6,8,10-14H,2,7,9H2,(H2,32,34,35,36). The lowest BCUT2D eigenvalue weighted by Gasteiger charge is -2.20. The molecule has 2 aliphatic carbocycles. The van der Waals surface area contributed by atoms with E-state index >= 15 is 0 Å². The van der Waals surface area contributed by atoms with E-state index in [4.69, 9.17) is 4.74 Å². The average Bonchev–Trinajstić information content (AvgIpc) is 3.32. The quantitative estimate of drug-likeness (QED) is 0.357. The number of halogens is 6. The number of nitrogens with zero attached hydrogens (tertiary/aromatic N) is 3. The van der Waals surface area contributed by atoms with Crippen molar-refractivity contribution in [2.24, 2.45) is 0 Å². The van der Waals surface area contributed by atoms with Crippen LogP contribution in [0.5, 0.6) is 5.75 Å².